The van der Waals surface area contributed by atoms with Crippen LogP contribution >= 0.6 is 11.3 Å². The molecule has 0 saturated heterocycles. The number of carbonyl (C=O) groups excluding carboxylic acids is 2. The highest BCUT2D eigenvalue weighted by molar-refractivity contribution is 7.14. The Morgan fingerprint density at radius 3 is 2.69 bits per heavy atom. The molecule has 6 nitrogen and oxygen atoms in total. The van der Waals surface area contributed by atoms with Crippen molar-refractivity contribution in [1.82, 2.24) is 15.3 Å². The van der Waals surface area contributed by atoms with Crippen LogP contribution in [0, 0.1) is 0 Å². The Labute approximate surface area is 171 Å². The Kier molecular flexibility index (Phi) is 5.22. The number of nitrogens with one attached hydrogen (secondary N) is 3. The van der Waals surface area contributed by atoms with Gasteiger partial charge < -0.3 is 10.3 Å². The van der Waals surface area contributed by atoms with E-state index < -0.39 is 0 Å². The zero-order valence-corrected chi connectivity index (χ0v) is 16.4. The van der Waals surface area contributed by atoms with E-state index in [0.717, 1.165) is 27.7 Å². The topological polar surface area (TPSA) is 86.9 Å². The zero-order valence-electron chi connectivity index (χ0n) is 15.6. The van der Waals surface area contributed by atoms with Gasteiger partial charge in [0.1, 0.15) is 0 Å². The summed E-state index contributed by atoms with van der Waals surface area (Å²) in [4.78, 5) is 31.5. The van der Waals surface area contributed by atoms with Gasteiger partial charge in [-0.1, -0.05) is 30.3 Å². The second-order valence-corrected chi connectivity index (χ2v) is 7.17. The first-order valence-electron chi connectivity index (χ1n) is 8.97. The average molecular weight is 402 g/mol. The number of rotatable bonds is 5. The highest BCUT2D eigenvalue weighted by atomic mass is 32.1. The van der Waals surface area contributed by atoms with E-state index in [4.69, 9.17) is 0 Å². The number of para-hydroxylation sites is 1. The van der Waals surface area contributed by atoms with E-state index in [2.05, 4.69) is 20.6 Å². The summed E-state index contributed by atoms with van der Waals surface area (Å²) in [5.74, 6) is -0.409. The number of H-pyrrole nitrogens is 1. The fraction of sp³-hybridized carbons (Fsp3) is 0.0455. The molecule has 0 radical (unpaired) electrons. The van der Waals surface area contributed by atoms with Crippen molar-refractivity contribution in [3.05, 3.63) is 77.3 Å². The fourth-order valence-electron chi connectivity index (χ4n) is 2.95. The van der Waals surface area contributed by atoms with E-state index in [-0.39, 0.29) is 11.8 Å². The van der Waals surface area contributed by atoms with Crippen LogP contribution in [0.4, 0.5) is 5.13 Å². The van der Waals surface area contributed by atoms with Crippen molar-refractivity contribution < 1.29 is 9.59 Å². The van der Waals surface area contributed by atoms with Gasteiger partial charge in [-0.3, -0.25) is 14.9 Å². The first-order chi connectivity index (χ1) is 14.1. The normalized spacial score (nSPS) is 11.1. The number of aromatic amines is 1. The predicted molar refractivity (Wildman–Crippen MR) is 117 cm³/mol. The molecular formula is C22H18N4O2S. The molecule has 144 valence electrons. The number of hydrogen-bond donors (Lipinski definition) is 3. The molecule has 4 aromatic rings. The van der Waals surface area contributed by atoms with Gasteiger partial charge in [-0.25, -0.2) is 4.98 Å². The number of amides is 2. The summed E-state index contributed by atoms with van der Waals surface area (Å²) in [6.07, 6.45) is 5.06. The van der Waals surface area contributed by atoms with Crippen LogP contribution < -0.4 is 10.6 Å². The fourth-order valence-corrected chi connectivity index (χ4v) is 3.66. The summed E-state index contributed by atoms with van der Waals surface area (Å²) in [5, 5.41) is 8.91. The van der Waals surface area contributed by atoms with Crippen molar-refractivity contribution in [2.75, 3.05) is 12.4 Å². The summed E-state index contributed by atoms with van der Waals surface area (Å²) in [6, 6.07) is 15.0. The summed E-state index contributed by atoms with van der Waals surface area (Å²) in [7, 11) is 1.59. The van der Waals surface area contributed by atoms with Crippen molar-refractivity contribution in [1.29, 1.82) is 0 Å². The van der Waals surface area contributed by atoms with Crippen molar-refractivity contribution in [3.8, 4) is 11.3 Å². The number of anilines is 1. The van der Waals surface area contributed by atoms with E-state index >= 15 is 0 Å². The molecule has 0 aliphatic carbocycles. The molecule has 2 heterocycles. The smallest absolute Gasteiger partial charge is 0.251 e. The lowest BCUT2D eigenvalue weighted by Gasteiger charge is -2.00. The van der Waals surface area contributed by atoms with Gasteiger partial charge in [0.2, 0.25) is 5.91 Å². The molecular weight excluding hydrogens is 384 g/mol. The molecule has 0 fully saturated rings. The lowest BCUT2D eigenvalue weighted by Crippen LogP contribution is -2.17. The Bertz CT molecular complexity index is 1210. The molecule has 2 aromatic carbocycles. The first-order valence-corrected chi connectivity index (χ1v) is 9.85. The largest absolute Gasteiger partial charge is 0.360 e. The highest BCUT2D eigenvalue weighted by Crippen LogP contribution is 2.30. The third-order valence-corrected chi connectivity index (χ3v) is 5.18. The number of benzene rings is 2. The molecule has 0 spiro atoms. The number of fused-ring (bicyclic) bond motifs is 1. The van der Waals surface area contributed by atoms with E-state index in [1.54, 1.807) is 37.4 Å². The molecule has 0 atom stereocenters. The molecule has 0 saturated carbocycles. The maximum absolute atomic E-state index is 12.2. The monoisotopic (exact) mass is 402 g/mol. The van der Waals surface area contributed by atoms with Crippen LogP contribution in [-0.4, -0.2) is 28.8 Å². The maximum atomic E-state index is 12.2. The Balaban J connectivity index is 1.43. The van der Waals surface area contributed by atoms with E-state index in [0.29, 0.717) is 10.7 Å². The van der Waals surface area contributed by atoms with Crippen LogP contribution in [0.5, 0.6) is 0 Å². The molecule has 3 N–H and O–H groups in total. The number of aromatic nitrogens is 2. The third kappa shape index (κ3) is 4.09. The number of carbonyl (C=O) groups is 2. The minimum Gasteiger partial charge on any atom is -0.360 e. The molecule has 0 unspecified atom stereocenters. The van der Waals surface area contributed by atoms with E-state index in [9.17, 15) is 9.59 Å². The Hall–Kier alpha value is -3.71. The third-order valence-electron chi connectivity index (χ3n) is 4.43. The molecule has 2 aromatic heterocycles. The van der Waals surface area contributed by atoms with Crippen molar-refractivity contribution >= 4 is 45.3 Å². The van der Waals surface area contributed by atoms with Gasteiger partial charge in [-0.15, -0.1) is 11.3 Å². The molecule has 2 amide bonds. The molecule has 0 bridgehead atoms. The summed E-state index contributed by atoms with van der Waals surface area (Å²) in [6.45, 7) is 0. The van der Waals surface area contributed by atoms with Crippen molar-refractivity contribution in [2.45, 2.75) is 0 Å². The lowest BCUT2D eigenvalue weighted by atomic mass is 10.1. The van der Waals surface area contributed by atoms with Crippen LogP contribution in [0.25, 0.3) is 28.2 Å². The van der Waals surface area contributed by atoms with Gasteiger partial charge >= 0.3 is 0 Å². The first kappa shape index (κ1) is 18.6. The van der Waals surface area contributed by atoms with E-state index in [1.807, 2.05) is 35.8 Å². The maximum Gasteiger partial charge on any atom is 0.251 e. The van der Waals surface area contributed by atoms with Crippen LogP contribution in [0.3, 0.4) is 0 Å². The summed E-state index contributed by atoms with van der Waals surface area (Å²) < 4.78 is 0. The standard InChI is InChI=1S/C22H18N4O2S/c1-23-21(28)15-9-6-14(7-10-15)8-11-20(27)26-22-25-19(13-29-22)17-12-24-18-5-3-2-4-16(17)18/h2-13,24H,1H3,(H,23,28)(H,25,26,27)/b11-8+. The second-order valence-electron chi connectivity index (χ2n) is 6.31. The van der Waals surface area contributed by atoms with Crippen LogP contribution in [0.2, 0.25) is 0 Å². The summed E-state index contributed by atoms with van der Waals surface area (Å²) >= 11 is 1.38. The Morgan fingerprint density at radius 1 is 1.10 bits per heavy atom. The van der Waals surface area contributed by atoms with Crippen molar-refractivity contribution in [3.63, 3.8) is 0 Å². The molecule has 0 aliphatic heterocycles. The second kappa shape index (κ2) is 8.12. The number of hydrogen-bond acceptors (Lipinski definition) is 4. The van der Waals surface area contributed by atoms with Crippen LogP contribution in [0.1, 0.15) is 15.9 Å². The van der Waals surface area contributed by atoms with E-state index in [1.165, 1.54) is 17.4 Å². The minimum absolute atomic E-state index is 0.145. The lowest BCUT2D eigenvalue weighted by molar-refractivity contribution is -0.111. The van der Waals surface area contributed by atoms with Gasteiger partial charge in [0.25, 0.3) is 5.91 Å². The summed E-state index contributed by atoms with van der Waals surface area (Å²) in [5.41, 5.74) is 4.26. The molecule has 0 aliphatic rings. The molecule has 7 heteroatoms. The Morgan fingerprint density at radius 2 is 1.90 bits per heavy atom. The van der Waals surface area contributed by atoms with Crippen LogP contribution in [0.15, 0.2) is 66.2 Å². The predicted octanol–water partition coefficient (Wildman–Crippen LogP) is 4.30. The van der Waals surface area contributed by atoms with Gasteiger partial charge in [-0.05, 0) is 29.8 Å². The molecule has 4 rings (SSSR count). The molecule has 29 heavy (non-hydrogen) atoms. The quantitative estimate of drug-likeness (QED) is 0.435. The van der Waals surface area contributed by atoms with Gasteiger partial charge in [0.05, 0.1) is 5.69 Å². The van der Waals surface area contributed by atoms with Gasteiger partial charge in [-0.2, -0.15) is 0 Å². The average Bonchev–Trinajstić information content (AvgIpc) is 3.38. The highest BCUT2D eigenvalue weighted by Gasteiger charge is 2.10. The van der Waals surface area contributed by atoms with Crippen molar-refractivity contribution in [2.24, 2.45) is 0 Å². The number of nitrogens with zero attached hydrogens (tertiary/aromatic N) is 1. The number of thiazole rings is 1. The van der Waals surface area contributed by atoms with Gasteiger partial charge in [0.15, 0.2) is 5.13 Å². The SMILES string of the molecule is CNC(=O)c1ccc(/C=C/C(=O)Nc2nc(-c3c[nH]c4ccccc34)cs2)cc1. The zero-order chi connectivity index (χ0) is 20.2. The van der Waals surface area contributed by atoms with Gasteiger partial charge in [0, 0.05) is 46.7 Å². The van der Waals surface area contributed by atoms with Crippen LogP contribution in [-0.2, 0) is 4.79 Å². The minimum atomic E-state index is -0.264.